The topological polar surface area (TPSA) is 75.8 Å². The lowest BCUT2D eigenvalue weighted by atomic mass is 10.1. The van der Waals surface area contributed by atoms with E-state index in [-0.39, 0.29) is 18.4 Å². The van der Waals surface area contributed by atoms with E-state index < -0.39 is 0 Å². The summed E-state index contributed by atoms with van der Waals surface area (Å²) in [5, 5.41) is 9.04. The monoisotopic (exact) mass is 264 g/mol. The van der Waals surface area contributed by atoms with Crippen LogP contribution in [0.25, 0.3) is 0 Å². The Labute approximate surface area is 113 Å². The van der Waals surface area contributed by atoms with Crippen LogP contribution >= 0.6 is 0 Å². The van der Waals surface area contributed by atoms with Crippen molar-refractivity contribution in [1.29, 1.82) is 0 Å². The van der Waals surface area contributed by atoms with Gasteiger partial charge in [0, 0.05) is 25.6 Å². The highest BCUT2D eigenvalue weighted by molar-refractivity contribution is 5.76. The first-order valence-electron chi connectivity index (χ1n) is 6.56. The van der Waals surface area contributed by atoms with Gasteiger partial charge in [0.1, 0.15) is 5.75 Å². The van der Waals surface area contributed by atoms with Crippen LogP contribution < -0.4 is 10.5 Å². The summed E-state index contributed by atoms with van der Waals surface area (Å²) in [6.07, 6.45) is 1.22. The number of para-hydroxylation sites is 2. The zero-order valence-electron chi connectivity index (χ0n) is 10.9. The highest BCUT2D eigenvalue weighted by Crippen LogP contribution is 2.20. The maximum Gasteiger partial charge on any atom is 0.226 e. The van der Waals surface area contributed by atoms with Crippen LogP contribution in [0, 0.1) is 5.92 Å². The van der Waals surface area contributed by atoms with E-state index in [1.54, 1.807) is 17.0 Å². The van der Waals surface area contributed by atoms with Gasteiger partial charge in [-0.05, 0) is 18.6 Å². The smallest absolute Gasteiger partial charge is 0.226 e. The quantitative estimate of drug-likeness (QED) is 0.774. The molecule has 0 bridgehead atoms. The molecule has 1 aromatic carbocycles. The van der Waals surface area contributed by atoms with Crippen LogP contribution in [0.2, 0.25) is 0 Å². The van der Waals surface area contributed by atoms with Crippen LogP contribution in [0.15, 0.2) is 24.3 Å². The van der Waals surface area contributed by atoms with Gasteiger partial charge in [-0.2, -0.15) is 0 Å². The fourth-order valence-corrected chi connectivity index (χ4v) is 2.23. The van der Waals surface area contributed by atoms with Gasteiger partial charge in [0.2, 0.25) is 5.91 Å². The lowest BCUT2D eigenvalue weighted by Crippen LogP contribution is -2.30. The molecule has 1 amide bonds. The molecule has 0 aliphatic carbocycles. The predicted molar refractivity (Wildman–Crippen MR) is 72.7 cm³/mol. The predicted octanol–water partition coefficient (Wildman–Crippen LogP) is 0.878. The molecule has 2 rings (SSSR count). The molecule has 1 heterocycles. The van der Waals surface area contributed by atoms with Crippen LogP contribution in [0.4, 0.5) is 5.69 Å². The maximum absolute atomic E-state index is 11.9. The SMILES string of the molecule is Nc1ccccc1OCCC(=O)N1CCC(CO)C1. The second kappa shape index (κ2) is 6.43. The summed E-state index contributed by atoms with van der Waals surface area (Å²) in [6.45, 7) is 1.87. The number of ether oxygens (including phenoxy) is 1. The third-order valence-electron chi connectivity index (χ3n) is 3.39. The molecule has 0 radical (unpaired) electrons. The average molecular weight is 264 g/mol. The number of hydrogen-bond donors (Lipinski definition) is 2. The molecule has 1 saturated heterocycles. The van der Waals surface area contributed by atoms with E-state index in [0.29, 0.717) is 31.0 Å². The normalized spacial score (nSPS) is 18.6. The number of aliphatic hydroxyl groups is 1. The number of anilines is 1. The Morgan fingerprint density at radius 1 is 1.47 bits per heavy atom. The Kier molecular flexibility index (Phi) is 4.63. The van der Waals surface area contributed by atoms with Crippen molar-refractivity contribution in [1.82, 2.24) is 4.90 Å². The van der Waals surface area contributed by atoms with E-state index >= 15 is 0 Å². The third-order valence-corrected chi connectivity index (χ3v) is 3.39. The summed E-state index contributed by atoms with van der Waals surface area (Å²) in [6, 6.07) is 7.24. The molecule has 1 aliphatic heterocycles. The number of benzene rings is 1. The molecule has 5 heteroatoms. The number of amides is 1. The zero-order valence-corrected chi connectivity index (χ0v) is 10.9. The van der Waals surface area contributed by atoms with Crippen LogP contribution in [0.1, 0.15) is 12.8 Å². The molecule has 5 nitrogen and oxygen atoms in total. The van der Waals surface area contributed by atoms with E-state index in [0.717, 1.165) is 13.0 Å². The molecule has 1 aliphatic rings. The minimum atomic E-state index is 0.0745. The first kappa shape index (κ1) is 13.7. The lowest BCUT2D eigenvalue weighted by Gasteiger charge is -2.16. The van der Waals surface area contributed by atoms with Gasteiger partial charge < -0.3 is 20.5 Å². The molecular formula is C14H20N2O3. The molecule has 0 saturated carbocycles. The highest BCUT2D eigenvalue weighted by atomic mass is 16.5. The molecule has 104 valence electrons. The van der Waals surface area contributed by atoms with Crippen LogP contribution in [-0.2, 0) is 4.79 Å². The number of hydrogen-bond acceptors (Lipinski definition) is 4. The molecule has 0 spiro atoms. The molecular weight excluding hydrogens is 244 g/mol. The van der Waals surface area contributed by atoms with E-state index in [4.69, 9.17) is 15.6 Å². The first-order valence-corrected chi connectivity index (χ1v) is 6.56. The highest BCUT2D eigenvalue weighted by Gasteiger charge is 2.25. The summed E-state index contributed by atoms with van der Waals surface area (Å²) in [5.41, 5.74) is 6.33. The third kappa shape index (κ3) is 3.61. The minimum Gasteiger partial charge on any atom is -0.491 e. The second-order valence-electron chi connectivity index (χ2n) is 4.81. The Morgan fingerprint density at radius 2 is 2.26 bits per heavy atom. The van der Waals surface area contributed by atoms with Gasteiger partial charge in [-0.3, -0.25) is 4.79 Å². The number of rotatable bonds is 5. The summed E-state index contributed by atoms with van der Waals surface area (Å²) < 4.78 is 5.50. The first-order chi connectivity index (χ1) is 9.20. The summed E-state index contributed by atoms with van der Waals surface area (Å²) >= 11 is 0. The fourth-order valence-electron chi connectivity index (χ4n) is 2.23. The van der Waals surface area contributed by atoms with Crippen LogP contribution in [-0.4, -0.2) is 42.2 Å². The summed E-state index contributed by atoms with van der Waals surface area (Å²) in [4.78, 5) is 13.7. The Hall–Kier alpha value is -1.75. The van der Waals surface area contributed by atoms with E-state index in [1.165, 1.54) is 0 Å². The minimum absolute atomic E-state index is 0.0745. The number of aliphatic hydroxyl groups excluding tert-OH is 1. The molecule has 1 fully saturated rings. The van der Waals surface area contributed by atoms with E-state index in [9.17, 15) is 4.79 Å². The van der Waals surface area contributed by atoms with Crippen molar-refractivity contribution in [3.63, 3.8) is 0 Å². The number of likely N-dealkylation sites (tertiary alicyclic amines) is 1. The molecule has 19 heavy (non-hydrogen) atoms. The van der Waals surface area contributed by atoms with E-state index in [1.807, 2.05) is 12.1 Å². The van der Waals surface area contributed by atoms with Gasteiger partial charge in [-0.1, -0.05) is 12.1 Å². The van der Waals surface area contributed by atoms with Crippen molar-refractivity contribution in [3.05, 3.63) is 24.3 Å². The van der Waals surface area contributed by atoms with Gasteiger partial charge in [0.25, 0.3) is 0 Å². The molecule has 0 aromatic heterocycles. The number of carbonyl (C=O) groups is 1. The second-order valence-corrected chi connectivity index (χ2v) is 4.81. The zero-order chi connectivity index (χ0) is 13.7. The molecule has 1 aromatic rings. The van der Waals surface area contributed by atoms with Crippen molar-refractivity contribution >= 4 is 11.6 Å². The van der Waals surface area contributed by atoms with Crippen LogP contribution in [0.3, 0.4) is 0 Å². The standard InChI is InChI=1S/C14H20N2O3/c15-12-3-1-2-4-13(12)19-8-6-14(18)16-7-5-11(9-16)10-17/h1-4,11,17H,5-10,15H2. The molecule has 3 N–H and O–H groups in total. The van der Waals surface area contributed by atoms with Crippen LogP contribution in [0.5, 0.6) is 5.75 Å². The van der Waals surface area contributed by atoms with Crippen molar-refractivity contribution < 1.29 is 14.6 Å². The van der Waals surface area contributed by atoms with Crippen molar-refractivity contribution in [2.75, 3.05) is 32.0 Å². The Morgan fingerprint density at radius 3 is 2.95 bits per heavy atom. The summed E-state index contributed by atoms with van der Waals surface area (Å²) in [7, 11) is 0. The van der Waals surface area contributed by atoms with Gasteiger partial charge in [-0.25, -0.2) is 0 Å². The fraction of sp³-hybridized carbons (Fsp3) is 0.500. The Bertz CT molecular complexity index is 436. The van der Waals surface area contributed by atoms with Crippen molar-refractivity contribution in [2.45, 2.75) is 12.8 Å². The summed E-state index contributed by atoms with van der Waals surface area (Å²) in [5.74, 6) is 0.921. The van der Waals surface area contributed by atoms with E-state index in [2.05, 4.69) is 0 Å². The number of carbonyl (C=O) groups excluding carboxylic acids is 1. The largest absolute Gasteiger partial charge is 0.491 e. The number of nitrogens with two attached hydrogens (primary N) is 1. The van der Waals surface area contributed by atoms with Gasteiger partial charge in [0.15, 0.2) is 0 Å². The number of nitrogen functional groups attached to an aromatic ring is 1. The van der Waals surface area contributed by atoms with Crippen molar-refractivity contribution in [2.24, 2.45) is 5.92 Å². The average Bonchev–Trinajstić information content (AvgIpc) is 2.90. The maximum atomic E-state index is 11.9. The number of nitrogens with zero attached hydrogens (tertiary/aromatic N) is 1. The molecule has 1 atom stereocenters. The van der Waals surface area contributed by atoms with Gasteiger partial charge in [-0.15, -0.1) is 0 Å². The lowest BCUT2D eigenvalue weighted by molar-refractivity contribution is -0.130. The Balaban J connectivity index is 1.74. The molecule has 1 unspecified atom stereocenters. The van der Waals surface area contributed by atoms with Gasteiger partial charge in [0.05, 0.1) is 18.7 Å². The van der Waals surface area contributed by atoms with Gasteiger partial charge >= 0.3 is 0 Å². The van der Waals surface area contributed by atoms with Crippen molar-refractivity contribution in [3.8, 4) is 5.75 Å².